The molecule has 2 rings (SSSR count). The summed E-state index contributed by atoms with van der Waals surface area (Å²) in [5, 5.41) is 9.61. The van der Waals surface area contributed by atoms with Gasteiger partial charge in [-0.25, -0.2) is 4.98 Å². The van der Waals surface area contributed by atoms with Gasteiger partial charge in [-0.3, -0.25) is 0 Å². The summed E-state index contributed by atoms with van der Waals surface area (Å²) in [5.41, 5.74) is 5.37. The Hall–Kier alpha value is -0.860. The van der Waals surface area contributed by atoms with E-state index in [9.17, 15) is 0 Å². The zero-order chi connectivity index (χ0) is 10.3. The average molecular weight is 210 g/mol. The van der Waals surface area contributed by atoms with Crippen LogP contribution in [0.15, 0.2) is 5.57 Å². The van der Waals surface area contributed by atoms with E-state index in [1.54, 1.807) is 0 Å². The number of nitrogens with zero attached hydrogens (tertiary/aromatic N) is 1. The third-order valence-electron chi connectivity index (χ3n) is 2.76. The van der Waals surface area contributed by atoms with Crippen LogP contribution in [0.25, 0.3) is 6.08 Å². The molecule has 0 aromatic carbocycles. The summed E-state index contributed by atoms with van der Waals surface area (Å²) < 4.78 is 0. The average Bonchev–Trinajstić information content (AvgIpc) is 2.58. The first-order valence-electron chi connectivity index (χ1n) is 4.59. The maximum absolute atomic E-state index is 9.06. The topological polar surface area (TPSA) is 33.1 Å². The summed E-state index contributed by atoms with van der Waals surface area (Å²) in [6.45, 7) is 4.10. The van der Waals surface area contributed by atoms with Crippen LogP contribution in [0.5, 0.6) is 0 Å². The summed E-state index contributed by atoms with van der Waals surface area (Å²) in [4.78, 5) is 4.25. The monoisotopic (exact) mass is 209 g/mol. The van der Waals surface area contributed by atoms with Crippen molar-refractivity contribution in [2.45, 2.75) is 20.3 Å². The number of fused-ring (bicyclic) bond motifs is 1. The van der Waals surface area contributed by atoms with Gasteiger partial charge in [-0.05, 0) is 43.0 Å². The fraction of sp³-hybridized carbons (Fsp3) is 0.364. The van der Waals surface area contributed by atoms with Crippen LogP contribution in [-0.4, -0.2) is 16.7 Å². The normalized spacial score (nSPS) is 14.1. The van der Waals surface area contributed by atoms with Crippen LogP contribution in [0.3, 0.4) is 0 Å². The second-order valence-electron chi connectivity index (χ2n) is 3.64. The molecule has 0 fully saturated rings. The third-order valence-corrected chi connectivity index (χ3v) is 3.05. The molecule has 0 radical (unpaired) electrons. The van der Waals surface area contributed by atoms with Gasteiger partial charge < -0.3 is 5.11 Å². The highest BCUT2D eigenvalue weighted by molar-refractivity contribution is 6.31. The van der Waals surface area contributed by atoms with Crippen LogP contribution in [-0.2, 0) is 6.42 Å². The number of aliphatic hydroxyl groups excluding tert-OH is 1. The largest absolute Gasteiger partial charge is 0.392 e. The van der Waals surface area contributed by atoms with Gasteiger partial charge in [-0.1, -0.05) is 11.6 Å². The van der Waals surface area contributed by atoms with Gasteiger partial charge in [0, 0.05) is 11.3 Å². The molecule has 3 heteroatoms. The maximum atomic E-state index is 9.06. The number of hydrogen-bond acceptors (Lipinski definition) is 2. The lowest BCUT2D eigenvalue weighted by Gasteiger charge is -2.08. The lowest BCUT2D eigenvalue weighted by Crippen LogP contribution is -1.97. The number of aryl methyl sites for hydroxylation is 1. The van der Waals surface area contributed by atoms with Crippen LogP contribution in [0.4, 0.5) is 0 Å². The molecule has 2 nitrogen and oxygen atoms in total. The molecule has 0 spiro atoms. The minimum atomic E-state index is 0.101. The summed E-state index contributed by atoms with van der Waals surface area (Å²) >= 11 is 6.03. The molecular formula is C11H12ClNO. The molecule has 1 heterocycles. The Morgan fingerprint density at radius 2 is 2.21 bits per heavy atom. The molecule has 0 unspecified atom stereocenters. The highest BCUT2D eigenvalue weighted by atomic mass is 35.5. The third kappa shape index (κ3) is 1.35. The Labute approximate surface area is 88.2 Å². The Morgan fingerprint density at radius 1 is 1.50 bits per heavy atom. The fourth-order valence-electron chi connectivity index (χ4n) is 1.79. The zero-order valence-electron chi connectivity index (χ0n) is 8.26. The SMILES string of the molecule is Cc1nc(Cl)c2c(c1C)CC(CO)=C2. The number of aromatic nitrogens is 1. The van der Waals surface area contributed by atoms with Crippen molar-refractivity contribution in [3.8, 4) is 0 Å². The van der Waals surface area contributed by atoms with Crippen LogP contribution in [0.1, 0.15) is 22.4 Å². The Kier molecular flexibility index (Phi) is 2.33. The van der Waals surface area contributed by atoms with Gasteiger partial charge in [0.25, 0.3) is 0 Å². The maximum Gasteiger partial charge on any atom is 0.136 e. The van der Waals surface area contributed by atoms with E-state index in [2.05, 4.69) is 4.98 Å². The molecule has 1 N–H and O–H groups in total. The van der Waals surface area contributed by atoms with E-state index >= 15 is 0 Å². The van der Waals surface area contributed by atoms with E-state index in [1.165, 1.54) is 11.1 Å². The van der Waals surface area contributed by atoms with E-state index in [4.69, 9.17) is 16.7 Å². The quantitative estimate of drug-likeness (QED) is 0.720. The molecular weight excluding hydrogens is 198 g/mol. The van der Waals surface area contributed by atoms with E-state index in [1.807, 2.05) is 19.9 Å². The predicted octanol–water partition coefficient (Wildman–Crippen LogP) is 2.28. The fourth-order valence-corrected chi connectivity index (χ4v) is 2.09. The molecule has 14 heavy (non-hydrogen) atoms. The van der Waals surface area contributed by atoms with E-state index in [0.717, 1.165) is 23.3 Å². The first-order valence-corrected chi connectivity index (χ1v) is 4.97. The van der Waals surface area contributed by atoms with Gasteiger partial charge in [0.2, 0.25) is 0 Å². The van der Waals surface area contributed by atoms with Crippen molar-refractivity contribution in [2.24, 2.45) is 0 Å². The summed E-state index contributed by atoms with van der Waals surface area (Å²) in [6.07, 6.45) is 2.75. The molecule has 0 atom stereocenters. The second-order valence-corrected chi connectivity index (χ2v) is 4.00. The molecule has 0 aliphatic heterocycles. The van der Waals surface area contributed by atoms with Gasteiger partial charge in [0.1, 0.15) is 5.15 Å². The van der Waals surface area contributed by atoms with Gasteiger partial charge in [0.05, 0.1) is 6.61 Å². The molecule has 0 amide bonds. The molecule has 0 bridgehead atoms. The van der Waals surface area contributed by atoms with Crippen LogP contribution in [0, 0.1) is 13.8 Å². The highest BCUT2D eigenvalue weighted by Crippen LogP contribution is 2.32. The van der Waals surface area contributed by atoms with Crippen molar-refractivity contribution in [1.82, 2.24) is 4.98 Å². The minimum Gasteiger partial charge on any atom is -0.392 e. The van der Waals surface area contributed by atoms with Crippen LogP contribution < -0.4 is 0 Å². The van der Waals surface area contributed by atoms with Crippen molar-refractivity contribution < 1.29 is 5.11 Å². The molecule has 1 aliphatic carbocycles. The van der Waals surface area contributed by atoms with Crippen molar-refractivity contribution in [3.63, 3.8) is 0 Å². The smallest absolute Gasteiger partial charge is 0.136 e. The predicted molar refractivity (Wildman–Crippen MR) is 57.5 cm³/mol. The Morgan fingerprint density at radius 3 is 2.86 bits per heavy atom. The number of aliphatic hydroxyl groups is 1. The number of halogens is 1. The van der Waals surface area contributed by atoms with Crippen LogP contribution in [0.2, 0.25) is 5.15 Å². The lowest BCUT2D eigenvalue weighted by atomic mass is 10.0. The van der Waals surface area contributed by atoms with Crippen molar-refractivity contribution in [2.75, 3.05) is 6.61 Å². The molecule has 74 valence electrons. The number of pyridine rings is 1. The standard InChI is InChI=1S/C11H12ClNO/c1-6-7(2)13-11(12)10-4-8(5-14)3-9(6)10/h4,14H,3,5H2,1-2H3. The van der Waals surface area contributed by atoms with Gasteiger partial charge in [-0.15, -0.1) is 0 Å². The van der Waals surface area contributed by atoms with E-state index in [0.29, 0.717) is 5.15 Å². The van der Waals surface area contributed by atoms with Crippen LogP contribution >= 0.6 is 11.6 Å². The molecule has 1 aromatic heterocycles. The summed E-state index contributed by atoms with van der Waals surface area (Å²) in [6, 6.07) is 0. The zero-order valence-corrected chi connectivity index (χ0v) is 9.02. The molecule has 0 saturated heterocycles. The number of rotatable bonds is 1. The van der Waals surface area contributed by atoms with Crippen molar-refractivity contribution >= 4 is 17.7 Å². The highest BCUT2D eigenvalue weighted by Gasteiger charge is 2.19. The lowest BCUT2D eigenvalue weighted by molar-refractivity contribution is 0.330. The van der Waals surface area contributed by atoms with E-state index in [-0.39, 0.29) is 6.61 Å². The Bertz CT molecular complexity index is 424. The molecule has 1 aromatic rings. The Balaban J connectivity index is 2.59. The first kappa shape index (κ1) is 9.69. The van der Waals surface area contributed by atoms with Crippen molar-refractivity contribution in [3.05, 3.63) is 33.1 Å². The van der Waals surface area contributed by atoms with Gasteiger partial charge >= 0.3 is 0 Å². The van der Waals surface area contributed by atoms with Gasteiger partial charge in [-0.2, -0.15) is 0 Å². The molecule has 1 aliphatic rings. The van der Waals surface area contributed by atoms with E-state index < -0.39 is 0 Å². The van der Waals surface area contributed by atoms with Crippen molar-refractivity contribution in [1.29, 1.82) is 0 Å². The molecule has 0 saturated carbocycles. The summed E-state index contributed by atoms with van der Waals surface area (Å²) in [7, 11) is 0. The second kappa shape index (κ2) is 3.37. The first-order chi connectivity index (χ1) is 6.63. The number of hydrogen-bond donors (Lipinski definition) is 1. The van der Waals surface area contributed by atoms with Gasteiger partial charge in [0.15, 0.2) is 0 Å². The minimum absolute atomic E-state index is 0.101. The summed E-state index contributed by atoms with van der Waals surface area (Å²) in [5.74, 6) is 0.